The summed E-state index contributed by atoms with van der Waals surface area (Å²) in [7, 11) is 3.53. The normalized spacial score (nSPS) is 27.0. The Bertz CT molecular complexity index is 504. The van der Waals surface area contributed by atoms with Gasteiger partial charge in [0, 0.05) is 33.3 Å². The molecule has 7 heteroatoms. The highest BCUT2D eigenvalue weighted by Crippen LogP contribution is 2.27. The molecular weight excluding hydrogens is 272 g/mol. The van der Waals surface area contributed by atoms with E-state index in [0.29, 0.717) is 30.9 Å². The van der Waals surface area contributed by atoms with Crippen LogP contribution in [0.1, 0.15) is 31.0 Å². The van der Waals surface area contributed by atoms with E-state index in [4.69, 9.17) is 9.26 Å². The van der Waals surface area contributed by atoms with Crippen molar-refractivity contribution in [3.63, 3.8) is 0 Å². The van der Waals surface area contributed by atoms with Crippen molar-refractivity contribution in [2.75, 3.05) is 27.2 Å². The molecule has 3 heterocycles. The average molecular weight is 294 g/mol. The molecule has 0 aromatic carbocycles. The highest BCUT2D eigenvalue weighted by Gasteiger charge is 2.36. The van der Waals surface area contributed by atoms with Crippen LogP contribution < -0.4 is 0 Å². The molecular formula is C14H22N4O3. The number of carbonyl (C=O) groups is 1. The fourth-order valence-electron chi connectivity index (χ4n) is 3.31. The second kappa shape index (κ2) is 6.11. The van der Waals surface area contributed by atoms with Crippen LogP contribution in [0.5, 0.6) is 0 Å². The molecule has 2 aliphatic rings. The van der Waals surface area contributed by atoms with Crippen LogP contribution in [0.25, 0.3) is 0 Å². The smallest absolute Gasteiger partial charge is 0.240 e. The van der Waals surface area contributed by atoms with E-state index >= 15 is 0 Å². The second-order valence-electron chi connectivity index (χ2n) is 5.96. The highest BCUT2D eigenvalue weighted by molar-refractivity contribution is 5.79. The zero-order chi connectivity index (χ0) is 14.8. The fraction of sp³-hybridized carbons (Fsp3) is 0.786. The number of fused-ring (bicyclic) bond motifs is 3. The van der Waals surface area contributed by atoms with Crippen molar-refractivity contribution in [1.82, 2.24) is 19.9 Å². The molecule has 2 saturated heterocycles. The number of aromatic nitrogens is 2. The minimum atomic E-state index is 0.101. The molecule has 0 N–H and O–H groups in total. The number of nitrogens with zero attached hydrogens (tertiary/aromatic N) is 4. The summed E-state index contributed by atoms with van der Waals surface area (Å²) in [4.78, 5) is 20.9. The minimum Gasteiger partial charge on any atom is -0.377 e. The number of likely N-dealkylation sites (tertiary alicyclic amines) is 1. The third-order valence-electron chi connectivity index (χ3n) is 4.42. The van der Waals surface area contributed by atoms with Gasteiger partial charge in [0.25, 0.3) is 0 Å². The maximum absolute atomic E-state index is 12.3. The van der Waals surface area contributed by atoms with Gasteiger partial charge in [0.05, 0.1) is 12.5 Å². The zero-order valence-electron chi connectivity index (χ0n) is 12.6. The molecule has 116 valence electrons. The average Bonchev–Trinajstić information content (AvgIpc) is 2.78. The number of hydrogen-bond acceptors (Lipinski definition) is 6. The number of methoxy groups -OCH3 is 1. The Morgan fingerprint density at radius 3 is 3.05 bits per heavy atom. The monoisotopic (exact) mass is 294 g/mol. The number of carbonyl (C=O) groups excluding carboxylic acids is 1. The maximum atomic E-state index is 12.3. The van der Waals surface area contributed by atoms with Crippen molar-refractivity contribution >= 4 is 5.91 Å². The maximum Gasteiger partial charge on any atom is 0.240 e. The van der Waals surface area contributed by atoms with E-state index in [-0.39, 0.29) is 11.8 Å². The van der Waals surface area contributed by atoms with Crippen LogP contribution in [-0.2, 0) is 22.7 Å². The van der Waals surface area contributed by atoms with Crippen LogP contribution in [0, 0.1) is 5.92 Å². The summed E-state index contributed by atoms with van der Waals surface area (Å²) in [6.45, 7) is 2.61. The molecule has 21 heavy (non-hydrogen) atoms. The van der Waals surface area contributed by atoms with Gasteiger partial charge in [0.1, 0.15) is 6.61 Å². The zero-order valence-corrected chi connectivity index (χ0v) is 12.6. The third kappa shape index (κ3) is 3.08. The summed E-state index contributed by atoms with van der Waals surface area (Å²) in [6, 6.07) is 0.298. The van der Waals surface area contributed by atoms with E-state index in [1.807, 2.05) is 11.9 Å². The Balaban J connectivity index is 1.69. The van der Waals surface area contributed by atoms with Crippen LogP contribution in [-0.4, -0.2) is 59.1 Å². The molecule has 0 unspecified atom stereocenters. The lowest BCUT2D eigenvalue weighted by Crippen LogP contribution is -2.40. The van der Waals surface area contributed by atoms with E-state index in [1.165, 1.54) is 0 Å². The fourth-order valence-corrected chi connectivity index (χ4v) is 3.31. The molecule has 7 nitrogen and oxygen atoms in total. The Morgan fingerprint density at radius 1 is 1.38 bits per heavy atom. The van der Waals surface area contributed by atoms with Gasteiger partial charge >= 0.3 is 0 Å². The van der Waals surface area contributed by atoms with Gasteiger partial charge < -0.3 is 14.2 Å². The molecule has 2 aliphatic heterocycles. The topological polar surface area (TPSA) is 71.7 Å². The molecule has 3 rings (SSSR count). The van der Waals surface area contributed by atoms with Gasteiger partial charge in [0.15, 0.2) is 5.82 Å². The third-order valence-corrected chi connectivity index (χ3v) is 4.42. The Kier molecular flexibility index (Phi) is 4.21. The van der Waals surface area contributed by atoms with Gasteiger partial charge in [-0.25, -0.2) is 0 Å². The quantitative estimate of drug-likeness (QED) is 0.812. The Labute approximate surface area is 124 Å². The van der Waals surface area contributed by atoms with E-state index in [9.17, 15) is 4.79 Å². The molecule has 2 bridgehead atoms. The van der Waals surface area contributed by atoms with Gasteiger partial charge in [-0.2, -0.15) is 4.98 Å². The van der Waals surface area contributed by atoms with Gasteiger partial charge in [-0.1, -0.05) is 11.6 Å². The summed E-state index contributed by atoms with van der Waals surface area (Å²) < 4.78 is 10.2. The minimum absolute atomic E-state index is 0.101. The van der Waals surface area contributed by atoms with Crippen LogP contribution in [0.4, 0.5) is 0 Å². The number of rotatable bonds is 4. The summed E-state index contributed by atoms with van der Waals surface area (Å²) in [5, 5.41) is 3.88. The second-order valence-corrected chi connectivity index (χ2v) is 5.96. The van der Waals surface area contributed by atoms with Crippen molar-refractivity contribution in [1.29, 1.82) is 0 Å². The van der Waals surface area contributed by atoms with Crippen LogP contribution in [0.2, 0.25) is 0 Å². The van der Waals surface area contributed by atoms with E-state index in [1.54, 1.807) is 7.11 Å². The first-order valence-corrected chi connectivity index (χ1v) is 7.47. The van der Waals surface area contributed by atoms with Gasteiger partial charge in [-0.3, -0.25) is 9.69 Å². The van der Waals surface area contributed by atoms with Gasteiger partial charge in [0.2, 0.25) is 11.8 Å². The van der Waals surface area contributed by atoms with Crippen molar-refractivity contribution in [3.05, 3.63) is 11.7 Å². The number of ether oxygens (including phenoxy) is 1. The molecule has 0 spiro atoms. The Hall–Kier alpha value is -1.47. The molecule has 1 aromatic heterocycles. The lowest BCUT2D eigenvalue weighted by molar-refractivity contribution is -0.134. The molecule has 2 atom stereocenters. The lowest BCUT2D eigenvalue weighted by atomic mass is 9.99. The largest absolute Gasteiger partial charge is 0.377 e. The molecule has 1 amide bonds. The van der Waals surface area contributed by atoms with Gasteiger partial charge in [-0.05, 0) is 12.8 Å². The molecule has 0 radical (unpaired) electrons. The number of likely N-dealkylation sites (N-methyl/N-ethyl adjacent to an activating group) is 1. The Morgan fingerprint density at radius 2 is 2.24 bits per heavy atom. The summed E-state index contributed by atoms with van der Waals surface area (Å²) in [5.74, 6) is 1.54. The van der Waals surface area contributed by atoms with Crippen LogP contribution >= 0.6 is 0 Å². The molecule has 2 fully saturated rings. The van der Waals surface area contributed by atoms with E-state index in [2.05, 4.69) is 15.0 Å². The summed E-state index contributed by atoms with van der Waals surface area (Å²) in [5.41, 5.74) is 0. The number of hydrogen-bond donors (Lipinski definition) is 0. The molecule has 1 aromatic rings. The predicted octanol–water partition coefficient (Wildman–Crippen LogP) is 0.659. The van der Waals surface area contributed by atoms with Crippen molar-refractivity contribution in [3.8, 4) is 0 Å². The first-order chi connectivity index (χ1) is 10.2. The van der Waals surface area contributed by atoms with Crippen LogP contribution in [0.15, 0.2) is 4.52 Å². The first kappa shape index (κ1) is 14.5. The standard InChI is InChI=1S/C14H22N4O3/c1-17-11-5-3-4-10(14(17)19)6-18(7-11)8-13-15-12(9-20-2)16-21-13/h10-11H,3-9H2,1-2H3/t10-,11+/m1/s1. The molecule has 0 aliphatic carbocycles. The molecule has 0 saturated carbocycles. The van der Waals surface area contributed by atoms with E-state index < -0.39 is 0 Å². The van der Waals surface area contributed by atoms with Gasteiger partial charge in [-0.15, -0.1) is 0 Å². The van der Waals surface area contributed by atoms with Crippen molar-refractivity contribution < 1.29 is 14.1 Å². The summed E-state index contributed by atoms with van der Waals surface area (Å²) in [6.07, 6.45) is 3.20. The lowest BCUT2D eigenvalue weighted by Gasteiger charge is -2.28. The SMILES string of the molecule is COCc1noc(CN2C[C@H]3CCC[C@@H](C2)N(C)C3=O)n1. The highest BCUT2D eigenvalue weighted by atomic mass is 16.5. The van der Waals surface area contributed by atoms with Crippen LogP contribution in [0.3, 0.4) is 0 Å². The predicted molar refractivity (Wildman–Crippen MR) is 74.2 cm³/mol. The van der Waals surface area contributed by atoms with Crippen molar-refractivity contribution in [2.24, 2.45) is 5.92 Å². The summed E-state index contributed by atoms with van der Waals surface area (Å²) >= 11 is 0. The first-order valence-electron chi connectivity index (χ1n) is 7.47. The van der Waals surface area contributed by atoms with Crippen molar-refractivity contribution in [2.45, 2.75) is 38.5 Å². The van der Waals surface area contributed by atoms with E-state index in [0.717, 1.165) is 32.4 Å². The number of amides is 1.